The van der Waals surface area contributed by atoms with Crippen LogP contribution in [0.4, 0.5) is 15.9 Å². The van der Waals surface area contributed by atoms with Gasteiger partial charge in [0.15, 0.2) is 0 Å². The topological polar surface area (TPSA) is 67.0 Å². The van der Waals surface area contributed by atoms with Crippen molar-refractivity contribution in [3.8, 4) is 12.1 Å². The molecule has 0 amide bonds. The maximum Gasteiger partial charge on any atom is 0.146 e. The third-order valence-corrected chi connectivity index (χ3v) is 5.46. The van der Waals surface area contributed by atoms with Crippen LogP contribution in [0.1, 0.15) is 24.0 Å². The van der Waals surface area contributed by atoms with E-state index in [1.54, 1.807) is 24.4 Å². The Morgan fingerprint density at radius 1 is 1.08 bits per heavy atom. The van der Waals surface area contributed by atoms with Crippen LogP contribution in [0.5, 0.6) is 0 Å². The lowest BCUT2D eigenvalue weighted by Crippen LogP contribution is -2.49. The number of nitriles is 2. The highest BCUT2D eigenvalue weighted by Gasteiger charge is 2.39. The summed E-state index contributed by atoms with van der Waals surface area (Å²) in [7, 11) is 0. The molecule has 4 rings (SSSR count). The molecule has 130 valence electrons. The van der Waals surface area contributed by atoms with E-state index < -0.39 is 5.82 Å². The first-order valence-corrected chi connectivity index (χ1v) is 8.77. The van der Waals surface area contributed by atoms with E-state index in [9.17, 15) is 14.9 Å². The summed E-state index contributed by atoms with van der Waals surface area (Å²) in [4.78, 5) is 8.80. The molecule has 0 saturated carbocycles. The predicted octanol–water partition coefficient (Wildman–Crippen LogP) is 3.07. The standard InChI is InChI=1S/C20H18FN5/c21-17-3-4-18(16(10-17)12-23)26-9-6-14-5-8-25(13-19(14)26)20-15(11-22)2-1-7-24-20/h1-4,7,10,14,19H,5-6,8-9,13H2. The molecule has 1 aromatic heterocycles. The van der Waals surface area contributed by atoms with E-state index in [-0.39, 0.29) is 6.04 Å². The highest BCUT2D eigenvalue weighted by atomic mass is 19.1. The molecule has 2 aliphatic rings. The van der Waals surface area contributed by atoms with Crippen molar-refractivity contribution in [2.45, 2.75) is 18.9 Å². The Bertz CT molecular complexity index is 913. The third-order valence-electron chi connectivity index (χ3n) is 5.46. The van der Waals surface area contributed by atoms with Gasteiger partial charge in [-0.25, -0.2) is 9.37 Å². The summed E-state index contributed by atoms with van der Waals surface area (Å²) in [6.07, 6.45) is 3.79. The van der Waals surface area contributed by atoms with Crippen molar-refractivity contribution >= 4 is 11.5 Å². The number of hydrogen-bond donors (Lipinski definition) is 0. The van der Waals surface area contributed by atoms with Crippen molar-refractivity contribution in [3.63, 3.8) is 0 Å². The number of anilines is 2. The molecule has 0 bridgehead atoms. The second-order valence-electron chi connectivity index (χ2n) is 6.80. The number of rotatable bonds is 2. The van der Waals surface area contributed by atoms with Gasteiger partial charge in [-0.15, -0.1) is 0 Å². The molecule has 1 aromatic carbocycles. The first-order valence-electron chi connectivity index (χ1n) is 8.77. The van der Waals surface area contributed by atoms with Gasteiger partial charge in [0, 0.05) is 31.9 Å². The summed E-state index contributed by atoms with van der Waals surface area (Å²) in [6, 6.07) is 12.5. The van der Waals surface area contributed by atoms with Gasteiger partial charge in [-0.2, -0.15) is 10.5 Å². The van der Waals surface area contributed by atoms with Crippen molar-refractivity contribution in [1.29, 1.82) is 10.5 Å². The van der Waals surface area contributed by atoms with Crippen LogP contribution in [-0.4, -0.2) is 30.7 Å². The van der Waals surface area contributed by atoms with Crippen molar-refractivity contribution in [2.75, 3.05) is 29.4 Å². The molecule has 0 radical (unpaired) electrons. The van der Waals surface area contributed by atoms with Gasteiger partial charge in [0.2, 0.25) is 0 Å². The molecule has 2 atom stereocenters. The summed E-state index contributed by atoms with van der Waals surface area (Å²) >= 11 is 0. The number of piperidine rings is 1. The number of pyridine rings is 1. The fraction of sp³-hybridized carbons (Fsp3) is 0.350. The second kappa shape index (κ2) is 6.65. The highest BCUT2D eigenvalue weighted by Crippen LogP contribution is 2.37. The van der Waals surface area contributed by atoms with Gasteiger partial charge >= 0.3 is 0 Å². The van der Waals surface area contributed by atoms with E-state index in [2.05, 4.69) is 26.9 Å². The molecule has 2 aliphatic heterocycles. The molecule has 5 nitrogen and oxygen atoms in total. The number of fused-ring (bicyclic) bond motifs is 1. The minimum Gasteiger partial charge on any atom is -0.365 e. The summed E-state index contributed by atoms with van der Waals surface area (Å²) in [5.41, 5.74) is 1.75. The molecule has 0 N–H and O–H groups in total. The number of halogens is 1. The average molecular weight is 347 g/mol. The summed E-state index contributed by atoms with van der Waals surface area (Å²) in [5.74, 6) is 0.871. The van der Waals surface area contributed by atoms with Crippen LogP contribution < -0.4 is 9.80 Å². The molecular weight excluding hydrogens is 329 g/mol. The van der Waals surface area contributed by atoms with Crippen LogP contribution in [-0.2, 0) is 0 Å². The number of nitrogens with zero attached hydrogens (tertiary/aromatic N) is 5. The fourth-order valence-electron chi connectivity index (χ4n) is 4.22. The zero-order valence-corrected chi connectivity index (χ0v) is 14.3. The monoisotopic (exact) mass is 347 g/mol. The molecule has 2 fully saturated rings. The van der Waals surface area contributed by atoms with Gasteiger partial charge in [0.25, 0.3) is 0 Å². The van der Waals surface area contributed by atoms with E-state index in [4.69, 9.17) is 0 Å². The zero-order chi connectivity index (χ0) is 18.1. The molecule has 2 aromatic rings. The van der Waals surface area contributed by atoms with E-state index >= 15 is 0 Å². The molecule has 3 heterocycles. The number of aromatic nitrogens is 1. The molecule has 0 aliphatic carbocycles. The van der Waals surface area contributed by atoms with Gasteiger partial charge in [0.1, 0.15) is 23.8 Å². The Morgan fingerprint density at radius 2 is 1.88 bits per heavy atom. The average Bonchev–Trinajstić information content (AvgIpc) is 3.10. The number of hydrogen-bond acceptors (Lipinski definition) is 5. The summed E-state index contributed by atoms with van der Waals surface area (Å²) in [5, 5.41) is 18.8. The lowest BCUT2D eigenvalue weighted by molar-refractivity contribution is 0.389. The second-order valence-corrected chi connectivity index (χ2v) is 6.80. The molecule has 6 heteroatoms. The van der Waals surface area contributed by atoms with Crippen molar-refractivity contribution in [1.82, 2.24) is 4.98 Å². The maximum absolute atomic E-state index is 13.5. The lowest BCUT2D eigenvalue weighted by Gasteiger charge is -2.40. The fourth-order valence-corrected chi connectivity index (χ4v) is 4.22. The van der Waals surface area contributed by atoms with E-state index in [1.807, 2.05) is 0 Å². The van der Waals surface area contributed by atoms with Crippen molar-refractivity contribution < 1.29 is 4.39 Å². The van der Waals surface area contributed by atoms with E-state index in [0.29, 0.717) is 17.0 Å². The van der Waals surface area contributed by atoms with Gasteiger partial charge in [0.05, 0.1) is 16.8 Å². The Balaban J connectivity index is 1.64. The Hall–Kier alpha value is -3.12. The van der Waals surface area contributed by atoms with E-state index in [1.165, 1.54) is 12.1 Å². The largest absolute Gasteiger partial charge is 0.365 e. The first-order chi connectivity index (χ1) is 12.7. The summed E-state index contributed by atoms with van der Waals surface area (Å²) in [6.45, 7) is 2.48. The van der Waals surface area contributed by atoms with Gasteiger partial charge < -0.3 is 9.80 Å². The van der Waals surface area contributed by atoms with Crippen molar-refractivity contribution in [2.24, 2.45) is 5.92 Å². The predicted molar refractivity (Wildman–Crippen MR) is 96.1 cm³/mol. The zero-order valence-electron chi connectivity index (χ0n) is 14.3. The molecule has 2 saturated heterocycles. The van der Waals surface area contributed by atoms with Crippen molar-refractivity contribution in [3.05, 3.63) is 53.5 Å². The van der Waals surface area contributed by atoms with Gasteiger partial charge in [-0.3, -0.25) is 0 Å². The number of benzene rings is 1. The van der Waals surface area contributed by atoms with Crippen LogP contribution in [0.15, 0.2) is 36.5 Å². The third kappa shape index (κ3) is 2.74. The minimum absolute atomic E-state index is 0.231. The minimum atomic E-state index is -0.390. The van der Waals surface area contributed by atoms with Gasteiger partial charge in [-0.05, 0) is 49.1 Å². The van der Waals surface area contributed by atoms with Crippen LogP contribution in [0.25, 0.3) is 0 Å². The highest BCUT2D eigenvalue weighted by molar-refractivity contribution is 5.62. The van der Waals surface area contributed by atoms with Crippen LogP contribution in [0, 0.1) is 34.4 Å². The summed E-state index contributed by atoms with van der Waals surface area (Å²) < 4.78 is 13.5. The molecule has 26 heavy (non-hydrogen) atoms. The van der Waals surface area contributed by atoms with Crippen LogP contribution in [0.2, 0.25) is 0 Å². The lowest BCUT2D eigenvalue weighted by atomic mass is 9.91. The Labute approximate surface area is 151 Å². The quantitative estimate of drug-likeness (QED) is 0.835. The molecule has 0 spiro atoms. The van der Waals surface area contributed by atoms with E-state index in [0.717, 1.165) is 44.0 Å². The van der Waals surface area contributed by atoms with Crippen LogP contribution in [0.3, 0.4) is 0 Å². The first kappa shape index (κ1) is 16.4. The Morgan fingerprint density at radius 3 is 2.69 bits per heavy atom. The maximum atomic E-state index is 13.5. The smallest absolute Gasteiger partial charge is 0.146 e. The molecular formula is C20H18FN5. The SMILES string of the molecule is N#Cc1cc(F)ccc1N1CCC2CCN(c3ncccc3C#N)CC21. The Kier molecular flexibility index (Phi) is 4.18. The van der Waals surface area contributed by atoms with Gasteiger partial charge in [-0.1, -0.05) is 0 Å². The van der Waals surface area contributed by atoms with Crippen LogP contribution >= 0.6 is 0 Å². The molecule has 2 unspecified atom stereocenters. The normalized spacial score (nSPS) is 21.8.